The van der Waals surface area contributed by atoms with E-state index >= 15 is 0 Å². The molecule has 3 rings (SSSR count). The molecule has 7 nitrogen and oxygen atoms in total. The number of morpholine rings is 1. The third-order valence-electron chi connectivity index (χ3n) is 4.52. The number of benzene rings is 2. The Morgan fingerprint density at radius 1 is 0.893 bits per heavy atom. The number of anilines is 1. The van der Waals surface area contributed by atoms with Gasteiger partial charge in [-0.3, -0.25) is 9.59 Å². The van der Waals surface area contributed by atoms with Crippen LogP contribution in [0.5, 0.6) is 0 Å². The van der Waals surface area contributed by atoms with Crippen molar-refractivity contribution in [3.8, 4) is 0 Å². The molecule has 2 aromatic rings. The van der Waals surface area contributed by atoms with Gasteiger partial charge in [-0.1, -0.05) is 24.3 Å². The second kappa shape index (κ2) is 9.14. The minimum atomic E-state index is -0.997. The average molecular weight is 382 g/mol. The summed E-state index contributed by atoms with van der Waals surface area (Å²) < 4.78 is 5.25. The van der Waals surface area contributed by atoms with Crippen molar-refractivity contribution in [3.05, 3.63) is 65.2 Å². The third kappa shape index (κ3) is 5.40. The van der Waals surface area contributed by atoms with E-state index in [1.165, 1.54) is 12.1 Å². The summed E-state index contributed by atoms with van der Waals surface area (Å²) in [6.45, 7) is 2.41. The first-order chi connectivity index (χ1) is 13.5. The van der Waals surface area contributed by atoms with Gasteiger partial charge in [0.25, 0.3) is 0 Å². The summed E-state index contributed by atoms with van der Waals surface area (Å²) in [5.41, 5.74) is 2.45. The minimum absolute atomic E-state index is 0.0740. The van der Waals surface area contributed by atoms with E-state index in [0.717, 1.165) is 11.1 Å². The van der Waals surface area contributed by atoms with E-state index in [2.05, 4.69) is 5.32 Å². The van der Waals surface area contributed by atoms with E-state index in [4.69, 9.17) is 9.84 Å². The summed E-state index contributed by atoms with van der Waals surface area (Å²) in [7, 11) is 0. The van der Waals surface area contributed by atoms with Gasteiger partial charge in [0.05, 0.1) is 31.6 Å². The van der Waals surface area contributed by atoms with Crippen molar-refractivity contribution in [1.29, 1.82) is 0 Å². The topological polar surface area (TPSA) is 95.9 Å². The van der Waals surface area contributed by atoms with E-state index in [0.29, 0.717) is 38.4 Å². The molecule has 1 aliphatic heterocycles. The lowest BCUT2D eigenvalue weighted by Gasteiger charge is -2.26. The number of aromatic carboxylic acids is 1. The Balaban J connectivity index is 1.51. The average Bonchev–Trinajstić information content (AvgIpc) is 2.70. The van der Waals surface area contributed by atoms with Crippen molar-refractivity contribution in [2.24, 2.45) is 0 Å². The summed E-state index contributed by atoms with van der Waals surface area (Å²) in [6, 6.07) is 13.4. The number of hydrogen-bond acceptors (Lipinski definition) is 4. The lowest BCUT2D eigenvalue weighted by Crippen LogP contribution is -2.41. The minimum Gasteiger partial charge on any atom is -0.478 e. The summed E-state index contributed by atoms with van der Waals surface area (Å²) in [4.78, 5) is 37.1. The largest absolute Gasteiger partial charge is 0.478 e. The monoisotopic (exact) mass is 382 g/mol. The molecule has 2 aromatic carbocycles. The van der Waals surface area contributed by atoms with Gasteiger partial charge < -0.3 is 20.1 Å². The number of carbonyl (C=O) groups excluding carboxylic acids is 2. The zero-order valence-electron chi connectivity index (χ0n) is 15.4. The van der Waals surface area contributed by atoms with Crippen molar-refractivity contribution in [2.45, 2.75) is 12.8 Å². The fourth-order valence-electron chi connectivity index (χ4n) is 2.96. The second-order valence-electron chi connectivity index (χ2n) is 6.59. The molecular weight excluding hydrogens is 360 g/mol. The van der Waals surface area contributed by atoms with Gasteiger partial charge in [0, 0.05) is 18.8 Å². The molecule has 0 radical (unpaired) electrons. The van der Waals surface area contributed by atoms with Crippen LogP contribution in [-0.4, -0.2) is 54.1 Å². The van der Waals surface area contributed by atoms with E-state index in [-0.39, 0.29) is 23.8 Å². The van der Waals surface area contributed by atoms with Crippen LogP contribution >= 0.6 is 0 Å². The molecular formula is C21H22N2O5. The molecule has 1 heterocycles. The molecule has 0 saturated carbocycles. The van der Waals surface area contributed by atoms with E-state index in [1.54, 1.807) is 29.2 Å². The quantitative estimate of drug-likeness (QED) is 0.796. The highest BCUT2D eigenvalue weighted by Crippen LogP contribution is 2.13. The van der Waals surface area contributed by atoms with Crippen molar-refractivity contribution in [2.75, 3.05) is 31.6 Å². The number of carbonyl (C=O) groups is 3. The smallest absolute Gasteiger partial charge is 0.335 e. The van der Waals surface area contributed by atoms with Crippen molar-refractivity contribution >= 4 is 23.5 Å². The fourth-order valence-corrected chi connectivity index (χ4v) is 2.96. The molecule has 0 atom stereocenters. The fraction of sp³-hybridized carbons (Fsp3) is 0.286. The molecule has 146 valence electrons. The molecule has 0 aromatic heterocycles. The zero-order valence-corrected chi connectivity index (χ0v) is 15.4. The molecule has 1 aliphatic rings. The Kier molecular flexibility index (Phi) is 6.39. The first-order valence-electron chi connectivity index (χ1n) is 9.08. The van der Waals surface area contributed by atoms with Crippen molar-refractivity contribution in [3.63, 3.8) is 0 Å². The Morgan fingerprint density at radius 3 is 2.07 bits per heavy atom. The normalized spacial score (nSPS) is 13.8. The molecule has 0 aliphatic carbocycles. The molecule has 0 spiro atoms. The number of carboxylic acids is 1. The summed E-state index contributed by atoms with van der Waals surface area (Å²) in [6.07, 6.45) is 0.474. The Hall–Kier alpha value is -3.19. The molecule has 1 fully saturated rings. The van der Waals surface area contributed by atoms with Crippen LogP contribution in [0.1, 0.15) is 21.5 Å². The molecule has 7 heteroatoms. The van der Waals surface area contributed by atoms with Crippen LogP contribution in [0.15, 0.2) is 48.5 Å². The zero-order chi connectivity index (χ0) is 19.9. The summed E-state index contributed by atoms with van der Waals surface area (Å²) >= 11 is 0. The van der Waals surface area contributed by atoms with Crippen LogP contribution in [0, 0.1) is 0 Å². The third-order valence-corrected chi connectivity index (χ3v) is 4.52. The van der Waals surface area contributed by atoms with E-state index in [1.807, 2.05) is 12.1 Å². The van der Waals surface area contributed by atoms with Gasteiger partial charge in [-0.2, -0.15) is 0 Å². The van der Waals surface area contributed by atoms with Gasteiger partial charge in [-0.25, -0.2) is 4.79 Å². The van der Waals surface area contributed by atoms with Gasteiger partial charge in [0.1, 0.15) is 0 Å². The van der Waals surface area contributed by atoms with Crippen LogP contribution in [0.4, 0.5) is 5.69 Å². The molecule has 2 amide bonds. The van der Waals surface area contributed by atoms with Crippen LogP contribution < -0.4 is 5.32 Å². The van der Waals surface area contributed by atoms with Gasteiger partial charge in [0.2, 0.25) is 11.8 Å². The summed E-state index contributed by atoms with van der Waals surface area (Å²) in [5, 5.41) is 11.7. The maximum Gasteiger partial charge on any atom is 0.335 e. The Bertz CT molecular complexity index is 840. The van der Waals surface area contributed by atoms with Gasteiger partial charge in [0.15, 0.2) is 0 Å². The molecule has 0 unspecified atom stereocenters. The Morgan fingerprint density at radius 2 is 1.46 bits per heavy atom. The predicted molar refractivity (Wildman–Crippen MR) is 103 cm³/mol. The first-order valence-corrected chi connectivity index (χ1v) is 9.08. The van der Waals surface area contributed by atoms with E-state index < -0.39 is 5.97 Å². The maximum absolute atomic E-state index is 12.3. The highest BCUT2D eigenvalue weighted by atomic mass is 16.5. The van der Waals surface area contributed by atoms with Gasteiger partial charge in [-0.15, -0.1) is 0 Å². The number of rotatable bonds is 6. The lowest BCUT2D eigenvalue weighted by molar-refractivity contribution is -0.134. The number of carboxylic acid groups (broad SMARTS) is 1. The van der Waals surface area contributed by atoms with E-state index in [9.17, 15) is 14.4 Å². The summed E-state index contributed by atoms with van der Waals surface area (Å²) in [5.74, 6) is -1.12. The number of nitrogens with zero attached hydrogens (tertiary/aromatic N) is 1. The number of nitrogens with one attached hydrogen (secondary N) is 1. The van der Waals surface area contributed by atoms with Crippen LogP contribution in [0.2, 0.25) is 0 Å². The predicted octanol–water partition coefficient (Wildman–Crippen LogP) is 1.97. The maximum atomic E-state index is 12.3. The van der Waals surface area contributed by atoms with Crippen molar-refractivity contribution in [1.82, 2.24) is 4.90 Å². The first kappa shape index (κ1) is 19.6. The SMILES string of the molecule is O=C(Cc1ccc(C(=O)O)cc1)Nc1ccc(CC(=O)N2CCOCC2)cc1. The number of ether oxygens (including phenoxy) is 1. The standard InChI is InChI=1S/C21H22N2O5/c24-19(13-15-1-5-17(6-2-15)21(26)27)22-18-7-3-16(4-8-18)14-20(25)23-9-11-28-12-10-23/h1-8H,9-14H2,(H,22,24)(H,26,27). The lowest BCUT2D eigenvalue weighted by atomic mass is 10.1. The number of hydrogen-bond donors (Lipinski definition) is 2. The van der Waals surface area contributed by atoms with Crippen molar-refractivity contribution < 1.29 is 24.2 Å². The molecule has 0 bridgehead atoms. The molecule has 1 saturated heterocycles. The Labute approximate surface area is 162 Å². The molecule has 28 heavy (non-hydrogen) atoms. The highest BCUT2D eigenvalue weighted by Gasteiger charge is 2.17. The van der Waals surface area contributed by atoms with Crippen LogP contribution in [-0.2, 0) is 27.2 Å². The number of amides is 2. The second-order valence-corrected chi connectivity index (χ2v) is 6.59. The van der Waals surface area contributed by atoms with Crippen LogP contribution in [0.3, 0.4) is 0 Å². The van der Waals surface area contributed by atoms with Gasteiger partial charge >= 0.3 is 5.97 Å². The van der Waals surface area contributed by atoms with Crippen LogP contribution in [0.25, 0.3) is 0 Å². The molecule has 2 N–H and O–H groups in total. The highest BCUT2D eigenvalue weighted by molar-refractivity contribution is 5.92. The van der Waals surface area contributed by atoms with Gasteiger partial charge in [-0.05, 0) is 35.4 Å².